The van der Waals surface area contributed by atoms with Crippen LogP contribution in [0.2, 0.25) is 0 Å². The number of carbonyl (C=O) groups is 2. The lowest BCUT2D eigenvalue weighted by atomic mass is 10.0. The van der Waals surface area contributed by atoms with Crippen molar-refractivity contribution >= 4 is 39.6 Å². The van der Waals surface area contributed by atoms with Crippen LogP contribution in [0.25, 0.3) is 10.8 Å². The van der Waals surface area contributed by atoms with Gasteiger partial charge in [-0.2, -0.15) is 0 Å². The molecule has 138 valence electrons. The number of aliphatic hydroxyl groups is 1. The van der Waals surface area contributed by atoms with Crippen LogP contribution >= 0.6 is 11.3 Å². The normalized spacial score (nSPS) is 19.6. The van der Waals surface area contributed by atoms with Crippen LogP contribution in [0, 0.1) is 0 Å². The molecule has 4 rings (SSSR count). The summed E-state index contributed by atoms with van der Waals surface area (Å²) < 4.78 is 0. The van der Waals surface area contributed by atoms with Crippen LogP contribution in [0.5, 0.6) is 0 Å². The van der Waals surface area contributed by atoms with Crippen LogP contribution in [0.3, 0.4) is 0 Å². The summed E-state index contributed by atoms with van der Waals surface area (Å²) in [4.78, 5) is 27.9. The summed E-state index contributed by atoms with van der Waals surface area (Å²) in [6.45, 7) is 0.705. The van der Waals surface area contributed by atoms with Gasteiger partial charge in [-0.25, -0.2) is 0 Å². The van der Waals surface area contributed by atoms with Crippen LogP contribution in [0.1, 0.15) is 11.3 Å². The zero-order valence-electron chi connectivity index (χ0n) is 14.7. The van der Waals surface area contributed by atoms with E-state index in [0.29, 0.717) is 25.2 Å². The molecule has 0 bridgehead atoms. The molecule has 2 N–H and O–H groups in total. The van der Waals surface area contributed by atoms with Crippen molar-refractivity contribution in [2.75, 3.05) is 18.0 Å². The number of benzene rings is 2. The van der Waals surface area contributed by atoms with E-state index in [9.17, 15) is 14.7 Å². The molecule has 1 aliphatic rings. The number of thiophene rings is 1. The Labute approximate surface area is 161 Å². The zero-order valence-corrected chi connectivity index (χ0v) is 15.5. The third-order valence-electron chi connectivity index (χ3n) is 4.95. The lowest BCUT2D eigenvalue weighted by Crippen LogP contribution is -2.52. The van der Waals surface area contributed by atoms with Crippen molar-refractivity contribution < 1.29 is 14.7 Å². The van der Waals surface area contributed by atoms with E-state index < -0.39 is 17.4 Å². The van der Waals surface area contributed by atoms with Gasteiger partial charge < -0.3 is 15.3 Å². The molecule has 2 amide bonds. The summed E-state index contributed by atoms with van der Waals surface area (Å²) in [6, 6.07) is 17.5. The van der Waals surface area contributed by atoms with Crippen molar-refractivity contribution in [1.82, 2.24) is 5.32 Å². The first-order valence-electron chi connectivity index (χ1n) is 8.92. The fourth-order valence-electron chi connectivity index (χ4n) is 3.41. The molecule has 0 aliphatic carbocycles. The first-order valence-corrected chi connectivity index (χ1v) is 9.80. The van der Waals surface area contributed by atoms with E-state index in [1.54, 1.807) is 11.3 Å². The Balaban J connectivity index is 1.46. The molecule has 3 aromatic rings. The Morgan fingerprint density at radius 1 is 1.15 bits per heavy atom. The second-order valence-electron chi connectivity index (χ2n) is 6.68. The van der Waals surface area contributed by atoms with Crippen LogP contribution in [-0.2, 0) is 16.0 Å². The topological polar surface area (TPSA) is 69.6 Å². The van der Waals surface area contributed by atoms with Crippen molar-refractivity contribution in [3.63, 3.8) is 0 Å². The summed E-state index contributed by atoms with van der Waals surface area (Å²) in [7, 11) is 0. The first kappa shape index (κ1) is 17.7. The molecule has 5 nitrogen and oxygen atoms in total. The standard InChI is InChI=1S/C21H20N2O3S/c24-19(22-11-9-18-6-3-13-27-18)21(26)10-12-23(20(21)25)17-8-7-15-4-1-2-5-16(15)14-17/h1-8,13-14,26H,9-12H2,(H,22,24). The number of rotatable bonds is 5. The smallest absolute Gasteiger partial charge is 0.268 e. The molecule has 0 spiro atoms. The van der Waals surface area contributed by atoms with Gasteiger partial charge in [-0.05, 0) is 40.8 Å². The zero-order chi connectivity index (χ0) is 18.9. The molecule has 27 heavy (non-hydrogen) atoms. The molecular weight excluding hydrogens is 360 g/mol. The van der Waals surface area contributed by atoms with E-state index in [0.717, 1.165) is 15.6 Å². The fourth-order valence-corrected chi connectivity index (χ4v) is 4.12. The highest BCUT2D eigenvalue weighted by Crippen LogP contribution is 2.30. The van der Waals surface area contributed by atoms with E-state index in [2.05, 4.69) is 5.32 Å². The highest BCUT2D eigenvalue weighted by atomic mass is 32.1. The molecule has 1 aromatic heterocycles. The van der Waals surface area contributed by atoms with Gasteiger partial charge in [0, 0.05) is 30.1 Å². The van der Waals surface area contributed by atoms with E-state index >= 15 is 0 Å². The molecule has 1 unspecified atom stereocenters. The van der Waals surface area contributed by atoms with Gasteiger partial charge in [-0.15, -0.1) is 11.3 Å². The summed E-state index contributed by atoms with van der Waals surface area (Å²) in [5.41, 5.74) is -1.30. The minimum absolute atomic E-state index is 0.0868. The first-order chi connectivity index (χ1) is 13.1. The Morgan fingerprint density at radius 2 is 1.96 bits per heavy atom. The van der Waals surface area contributed by atoms with Crippen molar-refractivity contribution in [3.05, 3.63) is 64.9 Å². The van der Waals surface area contributed by atoms with E-state index in [1.165, 1.54) is 4.90 Å². The number of anilines is 1. The Bertz CT molecular complexity index is 986. The molecule has 2 aromatic carbocycles. The van der Waals surface area contributed by atoms with Gasteiger partial charge in [0.1, 0.15) is 0 Å². The number of amides is 2. The van der Waals surface area contributed by atoms with Gasteiger partial charge in [0.15, 0.2) is 0 Å². The molecule has 2 heterocycles. The number of carbonyl (C=O) groups excluding carboxylic acids is 2. The maximum atomic E-state index is 12.8. The lowest BCUT2D eigenvalue weighted by Gasteiger charge is -2.22. The molecule has 1 fully saturated rings. The SMILES string of the molecule is O=C(NCCc1cccs1)C1(O)CCN(c2ccc3ccccc3c2)C1=O. The average Bonchev–Trinajstić information content (AvgIpc) is 3.31. The van der Waals surface area contributed by atoms with Gasteiger partial charge in [-0.1, -0.05) is 36.4 Å². The summed E-state index contributed by atoms with van der Waals surface area (Å²) in [6.07, 6.45) is 0.769. The van der Waals surface area contributed by atoms with Gasteiger partial charge in [0.05, 0.1) is 0 Å². The molecule has 0 saturated carbocycles. The molecule has 1 aliphatic heterocycles. The Hall–Kier alpha value is -2.70. The summed E-state index contributed by atoms with van der Waals surface area (Å²) in [5, 5.41) is 17.5. The largest absolute Gasteiger partial charge is 0.372 e. The maximum Gasteiger partial charge on any atom is 0.268 e. The fraction of sp³-hybridized carbons (Fsp3) is 0.238. The van der Waals surface area contributed by atoms with Crippen LogP contribution in [0.4, 0.5) is 5.69 Å². The minimum Gasteiger partial charge on any atom is -0.372 e. The molecule has 1 saturated heterocycles. The van der Waals surface area contributed by atoms with Gasteiger partial charge in [0.25, 0.3) is 11.8 Å². The van der Waals surface area contributed by atoms with E-state index in [-0.39, 0.29) is 6.42 Å². The third-order valence-corrected chi connectivity index (χ3v) is 5.89. The minimum atomic E-state index is -2.00. The van der Waals surface area contributed by atoms with Gasteiger partial charge in [0.2, 0.25) is 5.60 Å². The predicted octanol–water partition coefficient (Wildman–Crippen LogP) is 2.73. The second kappa shape index (κ2) is 7.13. The Morgan fingerprint density at radius 3 is 2.74 bits per heavy atom. The monoisotopic (exact) mass is 380 g/mol. The molecule has 1 atom stereocenters. The lowest BCUT2D eigenvalue weighted by molar-refractivity contribution is -0.149. The number of nitrogens with one attached hydrogen (secondary N) is 1. The van der Waals surface area contributed by atoms with Crippen molar-refractivity contribution in [3.8, 4) is 0 Å². The van der Waals surface area contributed by atoms with Gasteiger partial charge >= 0.3 is 0 Å². The maximum absolute atomic E-state index is 12.8. The second-order valence-corrected chi connectivity index (χ2v) is 7.72. The average molecular weight is 380 g/mol. The van der Waals surface area contributed by atoms with Crippen LogP contribution in [0.15, 0.2) is 60.0 Å². The van der Waals surface area contributed by atoms with Crippen molar-refractivity contribution in [2.24, 2.45) is 0 Å². The number of fused-ring (bicyclic) bond motifs is 1. The third kappa shape index (κ3) is 3.34. The highest BCUT2D eigenvalue weighted by Gasteiger charge is 2.51. The quantitative estimate of drug-likeness (QED) is 0.669. The molecule has 0 radical (unpaired) electrons. The Kier molecular flexibility index (Phi) is 4.68. The molecular formula is C21H20N2O3S. The molecule has 6 heteroatoms. The van der Waals surface area contributed by atoms with Crippen molar-refractivity contribution in [1.29, 1.82) is 0 Å². The van der Waals surface area contributed by atoms with Crippen LogP contribution in [-0.4, -0.2) is 35.6 Å². The predicted molar refractivity (Wildman–Crippen MR) is 107 cm³/mol. The summed E-state index contributed by atoms with van der Waals surface area (Å²) >= 11 is 1.62. The summed E-state index contributed by atoms with van der Waals surface area (Å²) in [5.74, 6) is -1.18. The van der Waals surface area contributed by atoms with E-state index in [1.807, 2.05) is 60.0 Å². The van der Waals surface area contributed by atoms with E-state index in [4.69, 9.17) is 0 Å². The number of hydrogen-bond acceptors (Lipinski definition) is 4. The van der Waals surface area contributed by atoms with Crippen molar-refractivity contribution in [2.45, 2.75) is 18.4 Å². The highest BCUT2D eigenvalue weighted by molar-refractivity contribution is 7.09. The van der Waals surface area contributed by atoms with Crippen LogP contribution < -0.4 is 10.2 Å². The number of nitrogens with zero attached hydrogens (tertiary/aromatic N) is 1. The number of hydrogen-bond donors (Lipinski definition) is 2. The van der Waals surface area contributed by atoms with Gasteiger partial charge in [-0.3, -0.25) is 9.59 Å².